The van der Waals surface area contributed by atoms with E-state index in [0.717, 1.165) is 30.3 Å². The number of hydrogen-bond acceptors (Lipinski definition) is 1. The second-order valence-corrected chi connectivity index (χ2v) is 6.91. The lowest BCUT2D eigenvalue weighted by molar-refractivity contribution is -0.604. The molecule has 3 nitrogen and oxygen atoms in total. The molecule has 0 unspecified atom stereocenters. The van der Waals surface area contributed by atoms with Gasteiger partial charge in [-0.05, 0) is 54.8 Å². The number of aromatic nitrogens is 3. The molecule has 1 N–H and O–H groups in total. The molecule has 1 aliphatic rings. The van der Waals surface area contributed by atoms with E-state index >= 15 is 0 Å². The number of H-pyrrole nitrogens is 1. The molecule has 6 heteroatoms. The Balaban J connectivity index is 1.90. The highest BCUT2D eigenvalue weighted by molar-refractivity contribution is 5.78. The van der Waals surface area contributed by atoms with Crippen LogP contribution in [0.5, 0.6) is 0 Å². The summed E-state index contributed by atoms with van der Waals surface area (Å²) in [7, 11) is 0. The molecule has 25 heavy (non-hydrogen) atoms. The second-order valence-electron chi connectivity index (χ2n) is 6.91. The molecule has 130 valence electrons. The molecule has 1 aliphatic carbocycles. The Bertz CT molecular complexity index is 956. The van der Waals surface area contributed by atoms with E-state index in [1.54, 1.807) is 6.33 Å². The minimum Gasteiger partial charge on any atom is -0.314 e. The summed E-state index contributed by atoms with van der Waals surface area (Å²) >= 11 is 0. The van der Waals surface area contributed by atoms with Gasteiger partial charge in [0.15, 0.2) is 0 Å². The largest absolute Gasteiger partial charge is 0.431 e. The highest BCUT2D eigenvalue weighted by atomic mass is 19.4. The lowest BCUT2D eigenvalue weighted by Gasteiger charge is -2.23. The van der Waals surface area contributed by atoms with Gasteiger partial charge in [0.2, 0.25) is 0 Å². The van der Waals surface area contributed by atoms with E-state index in [9.17, 15) is 13.2 Å². The van der Waals surface area contributed by atoms with Crippen molar-refractivity contribution in [3.05, 3.63) is 53.1 Å². The van der Waals surface area contributed by atoms with E-state index in [1.165, 1.54) is 17.5 Å². The van der Waals surface area contributed by atoms with Crippen LogP contribution in [0.25, 0.3) is 16.7 Å². The minimum atomic E-state index is -4.40. The Hall–Kier alpha value is -2.37. The number of rotatable bonds is 1. The van der Waals surface area contributed by atoms with Gasteiger partial charge in [0.05, 0.1) is 5.39 Å². The average Bonchev–Trinajstić information content (AvgIpc) is 3.00. The zero-order chi connectivity index (χ0) is 17.8. The molecule has 1 aromatic carbocycles. The number of fused-ring (bicyclic) bond motifs is 2. The van der Waals surface area contributed by atoms with E-state index < -0.39 is 11.9 Å². The summed E-state index contributed by atoms with van der Waals surface area (Å²) < 4.78 is 40.9. The molecule has 1 atom stereocenters. The van der Waals surface area contributed by atoms with Crippen molar-refractivity contribution < 1.29 is 17.7 Å². The Labute approximate surface area is 143 Å². The van der Waals surface area contributed by atoms with Gasteiger partial charge in [0.1, 0.15) is 17.1 Å². The number of aryl methyl sites for hydroxylation is 2. The molecule has 0 saturated carbocycles. The van der Waals surface area contributed by atoms with Crippen LogP contribution >= 0.6 is 0 Å². The SMILES string of the molecule is Cc1c2cc(C(F)(F)F)[nH]c2nc[n+]1-c1cccc2c1C[C@@H](C)CC2. The maximum atomic E-state index is 13.0. The van der Waals surface area contributed by atoms with Crippen LogP contribution in [-0.4, -0.2) is 9.97 Å². The van der Waals surface area contributed by atoms with Gasteiger partial charge in [0, 0.05) is 5.56 Å². The molecule has 0 spiro atoms. The van der Waals surface area contributed by atoms with Crippen LogP contribution < -0.4 is 4.57 Å². The fourth-order valence-electron chi connectivity index (χ4n) is 3.72. The van der Waals surface area contributed by atoms with E-state index in [1.807, 2.05) is 23.6 Å². The first-order valence-electron chi connectivity index (χ1n) is 8.43. The Morgan fingerprint density at radius 3 is 2.84 bits per heavy atom. The predicted molar refractivity (Wildman–Crippen MR) is 88.6 cm³/mol. The molecule has 0 aliphatic heterocycles. The third kappa shape index (κ3) is 2.69. The number of benzene rings is 1. The van der Waals surface area contributed by atoms with Crippen LogP contribution in [0, 0.1) is 12.8 Å². The van der Waals surface area contributed by atoms with Crippen LogP contribution in [0.15, 0.2) is 30.6 Å². The van der Waals surface area contributed by atoms with Gasteiger partial charge in [-0.25, -0.2) is 0 Å². The zero-order valence-electron chi connectivity index (χ0n) is 14.1. The van der Waals surface area contributed by atoms with Crippen LogP contribution in [-0.2, 0) is 19.0 Å². The molecule has 0 fully saturated rings. The third-order valence-electron chi connectivity index (χ3n) is 5.12. The summed E-state index contributed by atoms with van der Waals surface area (Å²) in [5, 5.41) is 0.497. The highest BCUT2D eigenvalue weighted by Crippen LogP contribution is 2.32. The maximum absolute atomic E-state index is 13.0. The smallest absolute Gasteiger partial charge is 0.314 e. The number of nitrogens with one attached hydrogen (secondary N) is 1. The molecule has 2 heterocycles. The molecule has 0 amide bonds. The minimum absolute atomic E-state index is 0.263. The van der Waals surface area contributed by atoms with Crippen molar-refractivity contribution >= 4 is 11.0 Å². The van der Waals surface area contributed by atoms with Crippen molar-refractivity contribution in [2.45, 2.75) is 39.3 Å². The lowest BCUT2D eigenvalue weighted by atomic mass is 9.84. The Kier molecular flexibility index (Phi) is 3.60. The van der Waals surface area contributed by atoms with Gasteiger partial charge >= 0.3 is 6.18 Å². The first-order valence-corrected chi connectivity index (χ1v) is 8.43. The van der Waals surface area contributed by atoms with E-state index in [4.69, 9.17) is 0 Å². The molecule has 4 rings (SSSR count). The van der Waals surface area contributed by atoms with Crippen molar-refractivity contribution in [1.82, 2.24) is 9.97 Å². The lowest BCUT2D eigenvalue weighted by Crippen LogP contribution is -2.37. The summed E-state index contributed by atoms with van der Waals surface area (Å²) in [6, 6.07) is 7.32. The summed E-state index contributed by atoms with van der Waals surface area (Å²) in [5.41, 5.74) is 3.88. The number of halogens is 3. The first kappa shape index (κ1) is 16.1. The Morgan fingerprint density at radius 1 is 1.28 bits per heavy atom. The van der Waals surface area contributed by atoms with Gasteiger partial charge in [-0.2, -0.15) is 17.7 Å². The van der Waals surface area contributed by atoms with Gasteiger partial charge in [-0.3, -0.25) is 0 Å². The van der Waals surface area contributed by atoms with Gasteiger partial charge in [-0.1, -0.05) is 19.1 Å². The standard InChI is InChI=1S/C19H18F3N3/c1-11-6-7-13-4-3-5-16(15(13)8-11)25-10-23-18-14(12(25)2)9-17(24-18)19(20,21)22/h3-5,9-11H,6-8H2,1-2H3/p+1/t11-/m0/s1. The predicted octanol–water partition coefficient (Wildman–Crippen LogP) is 4.29. The van der Waals surface area contributed by atoms with Crippen molar-refractivity contribution in [2.24, 2.45) is 5.92 Å². The molecular weight excluding hydrogens is 327 g/mol. The summed E-state index contributed by atoms with van der Waals surface area (Å²) in [6.45, 7) is 4.07. The second kappa shape index (κ2) is 5.58. The molecular formula is C19H19F3N3+. The average molecular weight is 346 g/mol. The number of alkyl halides is 3. The highest BCUT2D eigenvalue weighted by Gasteiger charge is 2.34. The Morgan fingerprint density at radius 2 is 2.08 bits per heavy atom. The normalized spacial score (nSPS) is 17.7. The summed E-state index contributed by atoms with van der Waals surface area (Å²) in [5.74, 6) is 0.607. The topological polar surface area (TPSA) is 32.6 Å². The molecule has 3 aromatic rings. The van der Waals surface area contributed by atoms with Crippen LogP contribution in [0.1, 0.15) is 35.9 Å². The number of nitrogens with zero attached hydrogens (tertiary/aromatic N) is 2. The monoisotopic (exact) mass is 346 g/mol. The number of hydrogen-bond donors (Lipinski definition) is 1. The molecule has 0 bridgehead atoms. The quantitative estimate of drug-likeness (QED) is 0.655. The zero-order valence-corrected chi connectivity index (χ0v) is 14.1. The van der Waals surface area contributed by atoms with Gasteiger partial charge in [0.25, 0.3) is 12.0 Å². The van der Waals surface area contributed by atoms with E-state index in [0.29, 0.717) is 11.3 Å². The van der Waals surface area contributed by atoms with Gasteiger partial charge in [-0.15, -0.1) is 0 Å². The molecule has 0 radical (unpaired) electrons. The molecule has 0 saturated heterocycles. The molecule has 2 aromatic heterocycles. The van der Waals surface area contributed by atoms with Crippen LogP contribution in [0.4, 0.5) is 13.2 Å². The van der Waals surface area contributed by atoms with E-state index in [-0.39, 0.29) is 5.65 Å². The van der Waals surface area contributed by atoms with E-state index in [2.05, 4.69) is 23.0 Å². The fraction of sp³-hybridized carbons (Fsp3) is 0.368. The summed E-state index contributed by atoms with van der Waals surface area (Å²) in [6.07, 6.45) is 0.408. The van der Waals surface area contributed by atoms with Crippen molar-refractivity contribution in [2.75, 3.05) is 0 Å². The first-order chi connectivity index (χ1) is 11.8. The van der Waals surface area contributed by atoms with Crippen molar-refractivity contribution in [3.63, 3.8) is 0 Å². The van der Waals surface area contributed by atoms with Crippen molar-refractivity contribution in [3.8, 4) is 5.69 Å². The summed E-state index contributed by atoms with van der Waals surface area (Å²) in [4.78, 5) is 6.60. The van der Waals surface area contributed by atoms with Crippen molar-refractivity contribution in [1.29, 1.82) is 0 Å². The van der Waals surface area contributed by atoms with Crippen LogP contribution in [0.3, 0.4) is 0 Å². The fourth-order valence-corrected chi connectivity index (χ4v) is 3.72. The van der Waals surface area contributed by atoms with Crippen LogP contribution in [0.2, 0.25) is 0 Å². The van der Waals surface area contributed by atoms with Gasteiger partial charge < -0.3 is 4.98 Å². The number of aromatic amines is 1. The maximum Gasteiger partial charge on any atom is 0.431 e. The third-order valence-corrected chi connectivity index (χ3v) is 5.12.